The van der Waals surface area contributed by atoms with Crippen LogP contribution in [0, 0.1) is 0 Å². The summed E-state index contributed by atoms with van der Waals surface area (Å²) in [6, 6.07) is 4.47. The Morgan fingerprint density at radius 1 is 1.12 bits per heavy atom. The Kier molecular flexibility index (Phi) is 2.84. The monoisotopic (exact) mass is 243 g/mol. The zero-order valence-corrected chi connectivity index (χ0v) is 8.53. The lowest BCUT2D eigenvalue weighted by Gasteiger charge is -2.05. The van der Waals surface area contributed by atoms with Gasteiger partial charge in [0.15, 0.2) is 0 Å². The normalized spacial score (nSPS) is 11.8. The smallest absolute Gasteiger partial charge is 0.416 e. The summed E-state index contributed by atoms with van der Waals surface area (Å²) in [5, 5.41) is 7.29. The Labute approximate surface area is 94.3 Å². The van der Waals surface area contributed by atoms with Crippen LogP contribution in [-0.2, 0) is 12.7 Å². The maximum Gasteiger partial charge on any atom is 0.416 e. The van der Waals surface area contributed by atoms with E-state index >= 15 is 0 Å². The molecule has 17 heavy (non-hydrogen) atoms. The van der Waals surface area contributed by atoms with E-state index in [0.717, 1.165) is 12.1 Å². The summed E-state index contributed by atoms with van der Waals surface area (Å²) < 4.78 is 42.1. The molecule has 1 heterocycles. The first kappa shape index (κ1) is 11.6. The molecule has 0 bridgehead atoms. The van der Waals surface area contributed by atoms with Crippen LogP contribution in [0.1, 0.15) is 11.5 Å². The van der Waals surface area contributed by atoms with Crippen LogP contribution in [0.4, 0.5) is 13.2 Å². The highest BCUT2D eigenvalue weighted by Gasteiger charge is 2.30. The minimum absolute atomic E-state index is 0.0909. The van der Waals surface area contributed by atoms with Gasteiger partial charge >= 0.3 is 6.18 Å². The molecule has 2 N–H and O–H groups in total. The van der Waals surface area contributed by atoms with Crippen molar-refractivity contribution in [2.75, 3.05) is 0 Å². The Hall–Kier alpha value is -1.89. The van der Waals surface area contributed by atoms with Gasteiger partial charge in [0.25, 0.3) is 0 Å². The summed E-state index contributed by atoms with van der Waals surface area (Å²) >= 11 is 0. The number of hydrogen-bond acceptors (Lipinski definition) is 4. The lowest BCUT2D eigenvalue weighted by atomic mass is 10.1. The molecule has 0 atom stereocenters. The van der Waals surface area contributed by atoms with Gasteiger partial charge in [0.05, 0.1) is 12.1 Å². The second kappa shape index (κ2) is 4.17. The number of benzene rings is 1. The highest BCUT2D eigenvalue weighted by molar-refractivity contribution is 5.53. The van der Waals surface area contributed by atoms with Crippen molar-refractivity contribution in [1.82, 2.24) is 10.2 Å². The molecule has 0 aliphatic carbocycles. The number of nitrogens with two attached hydrogens (primary N) is 1. The highest BCUT2D eigenvalue weighted by Crippen LogP contribution is 2.30. The molecular formula is C10H8F3N3O. The Morgan fingerprint density at radius 2 is 1.76 bits per heavy atom. The van der Waals surface area contributed by atoms with Crippen LogP contribution in [0.2, 0.25) is 0 Å². The predicted molar refractivity (Wildman–Crippen MR) is 52.6 cm³/mol. The van der Waals surface area contributed by atoms with Crippen LogP contribution in [0.3, 0.4) is 0 Å². The van der Waals surface area contributed by atoms with Gasteiger partial charge in [-0.15, -0.1) is 10.2 Å². The van der Waals surface area contributed by atoms with Crippen LogP contribution >= 0.6 is 0 Å². The van der Waals surface area contributed by atoms with Crippen molar-refractivity contribution in [3.63, 3.8) is 0 Å². The number of alkyl halides is 3. The number of aromatic nitrogens is 2. The number of halogens is 3. The molecule has 0 saturated carbocycles. The van der Waals surface area contributed by atoms with Crippen molar-refractivity contribution in [3.8, 4) is 11.5 Å². The lowest BCUT2D eigenvalue weighted by molar-refractivity contribution is -0.137. The fourth-order valence-corrected chi connectivity index (χ4v) is 1.25. The molecule has 1 aromatic carbocycles. The molecule has 2 aromatic rings. The topological polar surface area (TPSA) is 64.9 Å². The Morgan fingerprint density at radius 3 is 2.24 bits per heavy atom. The van der Waals surface area contributed by atoms with E-state index in [9.17, 15) is 13.2 Å². The quantitative estimate of drug-likeness (QED) is 0.878. The van der Waals surface area contributed by atoms with Crippen LogP contribution in [0.25, 0.3) is 11.5 Å². The van der Waals surface area contributed by atoms with Crippen LogP contribution in [-0.4, -0.2) is 10.2 Å². The molecule has 7 heteroatoms. The molecule has 0 spiro atoms. The van der Waals surface area contributed by atoms with Crippen molar-refractivity contribution >= 4 is 0 Å². The van der Waals surface area contributed by atoms with Crippen molar-refractivity contribution < 1.29 is 17.6 Å². The maximum absolute atomic E-state index is 12.3. The summed E-state index contributed by atoms with van der Waals surface area (Å²) in [5.74, 6) is 0.388. The second-order valence-corrected chi connectivity index (χ2v) is 3.28. The molecule has 0 unspecified atom stereocenters. The molecule has 2 rings (SSSR count). The van der Waals surface area contributed by atoms with Gasteiger partial charge in [-0.3, -0.25) is 0 Å². The SMILES string of the molecule is NCc1nnc(-c2ccc(C(F)(F)F)cc2)o1. The van der Waals surface area contributed by atoms with Gasteiger partial charge in [-0.25, -0.2) is 0 Å². The van der Waals surface area contributed by atoms with Crippen LogP contribution in [0.15, 0.2) is 28.7 Å². The fourth-order valence-electron chi connectivity index (χ4n) is 1.25. The summed E-state index contributed by atoms with van der Waals surface area (Å²) in [6.45, 7) is 0.0909. The first-order valence-corrected chi connectivity index (χ1v) is 4.71. The Bertz CT molecular complexity index is 504. The van der Waals surface area contributed by atoms with E-state index in [-0.39, 0.29) is 18.3 Å². The molecule has 0 aliphatic rings. The summed E-state index contributed by atoms with van der Waals surface area (Å²) in [6.07, 6.45) is -4.35. The number of hydrogen-bond donors (Lipinski definition) is 1. The third-order valence-corrected chi connectivity index (χ3v) is 2.10. The number of rotatable bonds is 2. The molecule has 0 fully saturated rings. The fraction of sp³-hybridized carbons (Fsp3) is 0.200. The largest absolute Gasteiger partial charge is 0.419 e. The van der Waals surface area contributed by atoms with E-state index < -0.39 is 11.7 Å². The minimum Gasteiger partial charge on any atom is -0.419 e. The highest BCUT2D eigenvalue weighted by atomic mass is 19.4. The first-order valence-electron chi connectivity index (χ1n) is 4.71. The minimum atomic E-state index is -4.35. The lowest BCUT2D eigenvalue weighted by Crippen LogP contribution is -2.03. The van der Waals surface area contributed by atoms with E-state index in [0.29, 0.717) is 5.56 Å². The first-order chi connectivity index (χ1) is 8.00. The van der Waals surface area contributed by atoms with Crippen LogP contribution in [0.5, 0.6) is 0 Å². The van der Waals surface area contributed by atoms with E-state index in [1.807, 2.05) is 0 Å². The van der Waals surface area contributed by atoms with E-state index in [1.165, 1.54) is 12.1 Å². The standard InChI is InChI=1S/C10H8F3N3O/c11-10(12,13)7-3-1-6(2-4-7)9-16-15-8(5-14)17-9/h1-4H,5,14H2. The molecule has 0 radical (unpaired) electrons. The average Bonchev–Trinajstić information content (AvgIpc) is 2.76. The van der Waals surface area contributed by atoms with E-state index in [2.05, 4.69) is 10.2 Å². The predicted octanol–water partition coefficient (Wildman–Crippen LogP) is 2.21. The van der Waals surface area contributed by atoms with Crippen molar-refractivity contribution in [3.05, 3.63) is 35.7 Å². The molecule has 0 amide bonds. The molecular weight excluding hydrogens is 235 g/mol. The zero-order chi connectivity index (χ0) is 12.5. The summed E-state index contributed by atoms with van der Waals surface area (Å²) in [7, 11) is 0. The van der Waals surface area contributed by atoms with Gasteiger partial charge in [0.2, 0.25) is 11.8 Å². The van der Waals surface area contributed by atoms with Gasteiger partial charge in [-0.1, -0.05) is 0 Å². The van der Waals surface area contributed by atoms with Crippen LogP contribution < -0.4 is 5.73 Å². The molecule has 90 valence electrons. The van der Waals surface area contributed by atoms with E-state index in [1.54, 1.807) is 0 Å². The van der Waals surface area contributed by atoms with E-state index in [4.69, 9.17) is 10.2 Å². The zero-order valence-electron chi connectivity index (χ0n) is 8.53. The van der Waals surface area contributed by atoms with Crippen molar-refractivity contribution in [2.24, 2.45) is 5.73 Å². The molecule has 4 nitrogen and oxygen atoms in total. The van der Waals surface area contributed by atoms with Gasteiger partial charge in [-0.2, -0.15) is 13.2 Å². The van der Waals surface area contributed by atoms with Gasteiger partial charge < -0.3 is 10.2 Å². The third-order valence-electron chi connectivity index (χ3n) is 2.10. The third kappa shape index (κ3) is 2.44. The van der Waals surface area contributed by atoms with Gasteiger partial charge in [0, 0.05) is 5.56 Å². The maximum atomic E-state index is 12.3. The summed E-state index contributed by atoms with van der Waals surface area (Å²) in [4.78, 5) is 0. The van der Waals surface area contributed by atoms with Gasteiger partial charge in [0.1, 0.15) is 0 Å². The average molecular weight is 243 g/mol. The number of nitrogens with zero attached hydrogens (tertiary/aromatic N) is 2. The molecule has 1 aromatic heterocycles. The van der Waals surface area contributed by atoms with Crippen molar-refractivity contribution in [1.29, 1.82) is 0 Å². The van der Waals surface area contributed by atoms with Crippen molar-refractivity contribution in [2.45, 2.75) is 12.7 Å². The van der Waals surface area contributed by atoms with Gasteiger partial charge in [-0.05, 0) is 24.3 Å². The summed E-state index contributed by atoms with van der Waals surface area (Å²) in [5.41, 5.74) is 4.98. The Balaban J connectivity index is 2.29. The molecule has 0 aliphatic heterocycles. The molecule has 0 saturated heterocycles. The second-order valence-electron chi connectivity index (χ2n) is 3.28.